The highest BCUT2D eigenvalue weighted by atomic mass is 31.2. The monoisotopic (exact) mass is 574 g/mol. The van der Waals surface area contributed by atoms with Crippen molar-refractivity contribution in [2.75, 3.05) is 24.9 Å². The Morgan fingerprint density at radius 3 is 2.39 bits per heavy atom. The third-order valence-corrected chi connectivity index (χ3v) is 11.7. The van der Waals surface area contributed by atoms with Gasteiger partial charge in [0.15, 0.2) is 17.3 Å². The van der Waals surface area contributed by atoms with Crippen molar-refractivity contribution < 1.29 is 18.8 Å². The zero-order valence-electron chi connectivity index (χ0n) is 23.0. The maximum Gasteiger partial charge on any atom is 0.271 e. The highest BCUT2D eigenvalue weighted by Crippen LogP contribution is 2.69. The third-order valence-electron chi connectivity index (χ3n) is 7.41. The van der Waals surface area contributed by atoms with Gasteiger partial charge >= 0.3 is 0 Å². The minimum absolute atomic E-state index is 0.0449. The molecule has 0 spiro atoms. The minimum atomic E-state index is -2.52. The molecule has 0 bridgehead atoms. The number of aryl methyl sites for hydroxylation is 1. The van der Waals surface area contributed by atoms with Crippen LogP contribution in [0, 0.1) is 0 Å². The average Bonchev–Trinajstić information content (AvgIpc) is 3.90. The molecular formula is C28H31N8O4P. The van der Waals surface area contributed by atoms with E-state index in [2.05, 4.69) is 25.8 Å². The predicted octanol–water partition coefficient (Wildman–Crippen LogP) is 4.19. The van der Waals surface area contributed by atoms with Crippen molar-refractivity contribution in [3.05, 3.63) is 54.4 Å². The van der Waals surface area contributed by atoms with Crippen LogP contribution in [0.15, 0.2) is 48.7 Å². The van der Waals surface area contributed by atoms with Crippen molar-refractivity contribution in [2.45, 2.75) is 37.0 Å². The van der Waals surface area contributed by atoms with Crippen LogP contribution in [-0.2, 0) is 11.6 Å². The quantitative estimate of drug-likeness (QED) is 0.222. The second-order valence-corrected chi connectivity index (χ2v) is 13.6. The van der Waals surface area contributed by atoms with Crippen LogP contribution in [0.1, 0.15) is 36.2 Å². The van der Waals surface area contributed by atoms with Crippen LogP contribution in [0.5, 0.6) is 11.5 Å². The number of nitrogens with zero attached hydrogens (tertiary/aromatic N) is 5. The van der Waals surface area contributed by atoms with Crippen LogP contribution in [-0.4, -0.2) is 56.4 Å². The second kappa shape index (κ2) is 10.5. The Morgan fingerprint density at radius 2 is 1.73 bits per heavy atom. The fourth-order valence-corrected chi connectivity index (χ4v) is 9.17. The maximum atomic E-state index is 14.2. The van der Waals surface area contributed by atoms with Gasteiger partial charge < -0.3 is 30.4 Å². The van der Waals surface area contributed by atoms with Gasteiger partial charge in [-0.1, -0.05) is 6.07 Å². The normalized spacial score (nSPS) is 14.9. The zero-order chi connectivity index (χ0) is 28.7. The van der Waals surface area contributed by atoms with E-state index >= 15 is 0 Å². The van der Waals surface area contributed by atoms with E-state index in [9.17, 15) is 9.36 Å². The van der Waals surface area contributed by atoms with Crippen LogP contribution in [0.4, 0.5) is 23.0 Å². The number of para-hydroxylation sites is 1. The highest BCUT2D eigenvalue weighted by molar-refractivity contribution is 7.73. The molecule has 212 valence electrons. The number of carbonyl (C=O) groups is 1. The van der Waals surface area contributed by atoms with E-state index in [-0.39, 0.29) is 17.0 Å². The van der Waals surface area contributed by atoms with E-state index in [1.807, 2.05) is 31.3 Å². The molecule has 0 unspecified atom stereocenters. The van der Waals surface area contributed by atoms with E-state index in [0.29, 0.717) is 40.2 Å². The number of ether oxygens (including phenoxy) is 2. The number of anilines is 4. The summed E-state index contributed by atoms with van der Waals surface area (Å²) in [5.41, 5.74) is 9.22. The van der Waals surface area contributed by atoms with Crippen LogP contribution in [0.2, 0.25) is 0 Å². The number of rotatable bonds is 11. The van der Waals surface area contributed by atoms with Gasteiger partial charge in [0.05, 0.1) is 36.7 Å². The smallest absolute Gasteiger partial charge is 0.271 e. The largest absolute Gasteiger partial charge is 0.497 e. The standard InChI is InChI=1S/C28H31N8O4P/c1-36-25(41(38,17-7-8-17)18-9-10-18)15-21(35-36)19-5-4-6-20(27(19)40-3)31-22-14-24(33-34-26(22)28(29)37)32-23-13-16(39-2)11-12-30-23/h4-6,11-15,17-18H,7-10H2,1-3H3,(H2,29,37)(H2,30,31,32,33). The molecule has 2 saturated carbocycles. The summed E-state index contributed by atoms with van der Waals surface area (Å²) in [6.07, 6.45) is 5.67. The molecular weight excluding hydrogens is 543 g/mol. The van der Waals surface area contributed by atoms with E-state index < -0.39 is 13.0 Å². The Bertz CT molecular complexity index is 1670. The van der Waals surface area contributed by atoms with E-state index in [1.54, 1.807) is 43.3 Å². The molecule has 2 fully saturated rings. The van der Waals surface area contributed by atoms with Gasteiger partial charge in [-0.05, 0) is 49.9 Å². The molecule has 1 aromatic carbocycles. The molecule has 0 atom stereocenters. The van der Waals surface area contributed by atoms with Crippen molar-refractivity contribution in [3.63, 3.8) is 0 Å². The summed E-state index contributed by atoms with van der Waals surface area (Å²) in [6, 6.07) is 12.6. The first-order valence-electron chi connectivity index (χ1n) is 13.3. The molecule has 41 heavy (non-hydrogen) atoms. The van der Waals surface area contributed by atoms with Crippen molar-refractivity contribution in [2.24, 2.45) is 12.8 Å². The van der Waals surface area contributed by atoms with Crippen molar-refractivity contribution >= 4 is 41.5 Å². The van der Waals surface area contributed by atoms with Crippen molar-refractivity contribution in [1.82, 2.24) is 25.0 Å². The summed E-state index contributed by atoms with van der Waals surface area (Å²) in [5, 5.41) is 19.2. The first-order valence-corrected chi connectivity index (χ1v) is 15.2. The zero-order valence-corrected chi connectivity index (χ0v) is 23.9. The lowest BCUT2D eigenvalue weighted by molar-refractivity contribution is 0.0995. The number of methoxy groups -OCH3 is 2. The summed E-state index contributed by atoms with van der Waals surface area (Å²) in [4.78, 5) is 16.5. The molecule has 2 aliphatic rings. The second-order valence-electron chi connectivity index (χ2n) is 10.3. The summed E-state index contributed by atoms with van der Waals surface area (Å²) in [7, 11) is 2.47. The molecule has 4 aromatic rings. The number of nitrogens with two attached hydrogens (primary N) is 1. The Balaban J connectivity index is 1.35. The fraction of sp³-hybridized carbons (Fsp3) is 0.321. The maximum absolute atomic E-state index is 14.2. The number of pyridine rings is 1. The van der Waals surface area contributed by atoms with Gasteiger partial charge in [-0.25, -0.2) is 4.98 Å². The first kappa shape index (κ1) is 26.8. The van der Waals surface area contributed by atoms with Crippen LogP contribution in [0.25, 0.3) is 11.3 Å². The van der Waals surface area contributed by atoms with Crippen molar-refractivity contribution in [3.8, 4) is 22.8 Å². The van der Waals surface area contributed by atoms with Gasteiger partial charge in [0.2, 0.25) is 0 Å². The van der Waals surface area contributed by atoms with Gasteiger partial charge in [-0.3, -0.25) is 9.48 Å². The Hall–Kier alpha value is -4.44. The molecule has 3 heterocycles. The summed E-state index contributed by atoms with van der Waals surface area (Å²) >= 11 is 0. The molecule has 0 radical (unpaired) electrons. The number of hydrogen-bond donors (Lipinski definition) is 3. The minimum Gasteiger partial charge on any atom is -0.497 e. The molecule has 13 heteroatoms. The van der Waals surface area contributed by atoms with Crippen LogP contribution in [0.3, 0.4) is 0 Å². The number of nitrogens with one attached hydrogen (secondary N) is 2. The van der Waals surface area contributed by atoms with Gasteiger partial charge in [-0.15, -0.1) is 10.2 Å². The molecule has 0 saturated heterocycles. The van der Waals surface area contributed by atoms with Crippen LogP contribution < -0.4 is 31.3 Å². The van der Waals surface area contributed by atoms with E-state index in [1.165, 1.54) is 0 Å². The first-order chi connectivity index (χ1) is 19.8. The molecule has 1 amide bonds. The lowest BCUT2D eigenvalue weighted by Gasteiger charge is -2.17. The molecule has 3 aromatic heterocycles. The number of primary amides is 1. The van der Waals surface area contributed by atoms with Gasteiger partial charge in [-0.2, -0.15) is 5.10 Å². The summed E-state index contributed by atoms with van der Waals surface area (Å²) < 4.78 is 27.0. The van der Waals surface area contributed by atoms with Gasteiger partial charge in [0.25, 0.3) is 5.91 Å². The number of carbonyl (C=O) groups excluding carboxylic acids is 1. The fourth-order valence-electron chi connectivity index (χ4n) is 5.17. The Kier molecular flexibility index (Phi) is 6.86. The average molecular weight is 575 g/mol. The lowest BCUT2D eigenvalue weighted by atomic mass is 10.1. The summed E-state index contributed by atoms with van der Waals surface area (Å²) in [6.45, 7) is 0. The molecule has 6 rings (SSSR count). The molecule has 4 N–H and O–H groups in total. The number of benzene rings is 1. The van der Waals surface area contributed by atoms with E-state index in [4.69, 9.17) is 20.3 Å². The number of hydrogen-bond acceptors (Lipinski definition) is 10. The highest BCUT2D eigenvalue weighted by Gasteiger charge is 2.53. The molecule has 2 aliphatic carbocycles. The van der Waals surface area contributed by atoms with E-state index in [0.717, 1.165) is 36.7 Å². The van der Waals surface area contributed by atoms with Crippen molar-refractivity contribution in [1.29, 1.82) is 0 Å². The van der Waals surface area contributed by atoms with Gasteiger partial charge in [0, 0.05) is 42.3 Å². The van der Waals surface area contributed by atoms with Gasteiger partial charge in [0.1, 0.15) is 18.7 Å². The number of amides is 1. The summed E-state index contributed by atoms with van der Waals surface area (Å²) in [5.74, 6) is 1.19. The topological polar surface area (TPSA) is 159 Å². The molecule has 12 nitrogen and oxygen atoms in total. The Morgan fingerprint density at radius 1 is 0.976 bits per heavy atom. The SMILES string of the molecule is COc1ccnc(Nc2cc(Nc3cccc(-c4cc(P(=O)(C5CC5)C5CC5)n(C)n4)c3OC)c(C(N)=O)nn2)c1. The lowest BCUT2D eigenvalue weighted by Crippen LogP contribution is -2.20. The molecule has 0 aliphatic heterocycles. The predicted molar refractivity (Wildman–Crippen MR) is 156 cm³/mol. The van der Waals surface area contributed by atoms with Crippen LogP contribution >= 0.6 is 7.14 Å². The Labute approximate surface area is 237 Å². The third kappa shape index (κ3) is 5.11. The number of aromatic nitrogens is 5.